The maximum Gasteiger partial charge on any atom is 0.306 e. The Morgan fingerprint density at radius 2 is 0.636 bits per heavy atom. The molecule has 0 saturated heterocycles. The maximum absolute atomic E-state index is 12.8. The summed E-state index contributed by atoms with van der Waals surface area (Å²) in [4.78, 5) is 38.1. The molecule has 0 fully saturated rings. The second kappa shape index (κ2) is 54.5. The van der Waals surface area contributed by atoms with E-state index in [1.165, 1.54) is 141 Å². The number of ether oxygens (including phenoxy) is 3. The Morgan fingerprint density at radius 1 is 0.333 bits per heavy atom. The second-order valence-electron chi connectivity index (χ2n) is 18.5. The van der Waals surface area contributed by atoms with E-state index in [9.17, 15) is 14.4 Å². The summed E-state index contributed by atoms with van der Waals surface area (Å²) >= 11 is 0. The minimum absolute atomic E-state index is 0.0796. The molecule has 0 saturated carbocycles. The van der Waals surface area contributed by atoms with Crippen LogP contribution in [-0.2, 0) is 28.6 Å². The van der Waals surface area contributed by atoms with Crippen molar-refractivity contribution in [3.05, 3.63) is 72.9 Å². The van der Waals surface area contributed by atoms with E-state index < -0.39 is 6.10 Å². The molecule has 0 rings (SSSR count). The summed E-state index contributed by atoms with van der Waals surface area (Å²) in [6, 6.07) is 0. The first-order valence-corrected chi connectivity index (χ1v) is 28.0. The minimum Gasteiger partial charge on any atom is -0.462 e. The molecule has 0 aromatic heterocycles. The standard InChI is InChI=1S/C60H104O6/c1-4-7-10-13-16-19-22-24-26-28-30-32-34-36-38-41-44-47-50-53-59(62)65-56-57(55-64-58(61)52-49-46-43-40-21-18-15-12-9-6-3)66-60(63)54-51-48-45-42-39-37-35-33-31-29-27-25-23-20-17-14-11-8-5-2/h7,10,16-17,19-20,23-26,30,32,57H,4-6,8-9,11-15,18,21-22,27-29,31,33-56H2,1-3H3/b10-7-,19-16-,20-17-,25-23-,26-24-,32-30-. The van der Waals surface area contributed by atoms with Gasteiger partial charge in [-0.2, -0.15) is 0 Å². The fourth-order valence-corrected chi connectivity index (χ4v) is 7.78. The average Bonchev–Trinajstić information content (AvgIpc) is 3.31. The highest BCUT2D eigenvalue weighted by atomic mass is 16.6. The number of unbranched alkanes of at least 4 members (excludes halogenated alkanes) is 28. The van der Waals surface area contributed by atoms with Crippen LogP contribution in [0.2, 0.25) is 0 Å². The summed E-state index contributed by atoms with van der Waals surface area (Å²) in [5.74, 6) is -0.892. The summed E-state index contributed by atoms with van der Waals surface area (Å²) in [7, 11) is 0. The third-order valence-electron chi connectivity index (χ3n) is 12.0. The Balaban J connectivity index is 4.34. The van der Waals surface area contributed by atoms with Gasteiger partial charge in [0.05, 0.1) is 0 Å². The van der Waals surface area contributed by atoms with Gasteiger partial charge in [-0.15, -0.1) is 0 Å². The molecule has 0 aromatic rings. The number of carbonyl (C=O) groups is 3. The summed E-state index contributed by atoms with van der Waals surface area (Å²) in [5, 5.41) is 0. The van der Waals surface area contributed by atoms with Crippen LogP contribution in [0.4, 0.5) is 0 Å². The van der Waals surface area contributed by atoms with Crippen molar-refractivity contribution in [1.29, 1.82) is 0 Å². The number of esters is 3. The molecule has 0 radical (unpaired) electrons. The van der Waals surface area contributed by atoms with Crippen molar-refractivity contribution in [3.8, 4) is 0 Å². The summed E-state index contributed by atoms with van der Waals surface area (Å²) in [6.07, 6.45) is 68.9. The van der Waals surface area contributed by atoms with Crippen LogP contribution in [0.1, 0.15) is 271 Å². The molecule has 66 heavy (non-hydrogen) atoms. The molecule has 380 valence electrons. The monoisotopic (exact) mass is 921 g/mol. The van der Waals surface area contributed by atoms with E-state index in [4.69, 9.17) is 14.2 Å². The molecule has 6 heteroatoms. The largest absolute Gasteiger partial charge is 0.462 e. The smallest absolute Gasteiger partial charge is 0.306 e. The van der Waals surface area contributed by atoms with Gasteiger partial charge >= 0.3 is 17.9 Å². The van der Waals surface area contributed by atoms with E-state index in [1.54, 1.807) is 0 Å². The van der Waals surface area contributed by atoms with Gasteiger partial charge < -0.3 is 14.2 Å². The van der Waals surface area contributed by atoms with E-state index in [0.29, 0.717) is 19.3 Å². The highest BCUT2D eigenvalue weighted by molar-refractivity contribution is 5.71. The maximum atomic E-state index is 12.8. The van der Waals surface area contributed by atoms with Crippen LogP contribution in [-0.4, -0.2) is 37.2 Å². The molecular formula is C60H104O6. The van der Waals surface area contributed by atoms with Crippen molar-refractivity contribution in [3.63, 3.8) is 0 Å². The van der Waals surface area contributed by atoms with E-state index in [2.05, 4.69) is 93.7 Å². The quantitative estimate of drug-likeness (QED) is 0.0199. The van der Waals surface area contributed by atoms with Crippen molar-refractivity contribution in [1.82, 2.24) is 0 Å². The normalized spacial score (nSPS) is 12.6. The van der Waals surface area contributed by atoms with Gasteiger partial charge in [0.2, 0.25) is 0 Å². The zero-order valence-corrected chi connectivity index (χ0v) is 43.4. The lowest BCUT2D eigenvalue weighted by Gasteiger charge is -2.18. The van der Waals surface area contributed by atoms with Crippen molar-refractivity contribution in [2.24, 2.45) is 0 Å². The molecule has 0 aromatic carbocycles. The molecule has 6 nitrogen and oxygen atoms in total. The molecule has 1 unspecified atom stereocenters. The molecule has 1 atom stereocenters. The van der Waals surface area contributed by atoms with Crippen molar-refractivity contribution >= 4 is 17.9 Å². The summed E-state index contributed by atoms with van der Waals surface area (Å²) < 4.78 is 16.8. The van der Waals surface area contributed by atoms with Gasteiger partial charge in [-0.25, -0.2) is 0 Å². The van der Waals surface area contributed by atoms with Gasteiger partial charge in [0.1, 0.15) is 13.2 Å². The van der Waals surface area contributed by atoms with Gasteiger partial charge in [0, 0.05) is 19.3 Å². The lowest BCUT2D eigenvalue weighted by atomic mass is 10.1. The van der Waals surface area contributed by atoms with Crippen molar-refractivity contribution in [2.75, 3.05) is 13.2 Å². The molecule has 0 spiro atoms. The highest BCUT2D eigenvalue weighted by Crippen LogP contribution is 2.15. The molecule has 0 aliphatic rings. The predicted octanol–water partition coefficient (Wildman–Crippen LogP) is 18.6. The third-order valence-corrected chi connectivity index (χ3v) is 12.0. The van der Waals surface area contributed by atoms with Gasteiger partial charge in [-0.05, 0) is 83.5 Å². The number of allylic oxidation sites excluding steroid dienone is 12. The van der Waals surface area contributed by atoms with Gasteiger partial charge in [-0.3, -0.25) is 14.4 Å². The lowest BCUT2D eigenvalue weighted by molar-refractivity contribution is -0.167. The van der Waals surface area contributed by atoms with E-state index >= 15 is 0 Å². The zero-order chi connectivity index (χ0) is 47.9. The van der Waals surface area contributed by atoms with Gasteiger partial charge in [0.15, 0.2) is 6.10 Å². The number of rotatable bonds is 50. The molecule has 0 amide bonds. The van der Waals surface area contributed by atoms with Gasteiger partial charge in [0.25, 0.3) is 0 Å². The van der Waals surface area contributed by atoms with Crippen molar-refractivity contribution < 1.29 is 28.6 Å². The summed E-state index contributed by atoms with van der Waals surface area (Å²) in [6.45, 7) is 6.49. The Kier molecular flexibility index (Phi) is 51.9. The van der Waals surface area contributed by atoms with Crippen LogP contribution >= 0.6 is 0 Å². The molecule has 0 aliphatic heterocycles. The van der Waals surface area contributed by atoms with Crippen LogP contribution in [0.5, 0.6) is 0 Å². The first-order chi connectivity index (χ1) is 32.5. The average molecular weight is 921 g/mol. The number of hydrogen-bond donors (Lipinski definition) is 0. The zero-order valence-electron chi connectivity index (χ0n) is 43.4. The number of carbonyl (C=O) groups excluding carboxylic acids is 3. The van der Waals surface area contributed by atoms with Crippen LogP contribution in [0.3, 0.4) is 0 Å². The SMILES string of the molecule is CC/C=C\C/C=C\C/C=C\C/C=C\CCCCCCCCC(=O)OCC(COC(=O)CCCCCCCCCCCC)OC(=O)CCCCCCCCCCCC/C=C\C=C/CCCCC. The summed E-state index contributed by atoms with van der Waals surface area (Å²) in [5.41, 5.74) is 0. The first-order valence-electron chi connectivity index (χ1n) is 28.0. The molecular weight excluding hydrogens is 817 g/mol. The Hall–Kier alpha value is -3.15. The van der Waals surface area contributed by atoms with Crippen molar-refractivity contribution in [2.45, 2.75) is 277 Å². The number of hydrogen-bond acceptors (Lipinski definition) is 6. The molecule has 0 heterocycles. The first kappa shape index (κ1) is 62.8. The van der Waals surface area contributed by atoms with Crippen LogP contribution < -0.4 is 0 Å². The fourth-order valence-electron chi connectivity index (χ4n) is 7.78. The molecule has 0 aliphatic carbocycles. The Morgan fingerprint density at radius 3 is 1.05 bits per heavy atom. The highest BCUT2D eigenvalue weighted by Gasteiger charge is 2.19. The topological polar surface area (TPSA) is 78.9 Å². The molecule has 0 N–H and O–H groups in total. The predicted molar refractivity (Wildman–Crippen MR) is 284 cm³/mol. The minimum atomic E-state index is -0.781. The van der Waals surface area contributed by atoms with Crippen LogP contribution in [0.25, 0.3) is 0 Å². The Bertz CT molecular complexity index is 1240. The fraction of sp³-hybridized carbons (Fsp3) is 0.750. The Labute approximate surface area is 408 Å². The molecule has 0 bridgehead atoms. The second-order valence-corrected chi connectivity index (χ2v) is 18.5. The van der Waals surface area contributed by atoms with Crippen LogP contribution in [0, 0.1) is 0 Å². The van der Waals surface area contributed by atoms with Gasteiger partial charge in [-0.1, -0.05) is 241 Å². The van der Waals surface area contributed by atoms with E-state index in [1.807, 2.05) is 0 Å². The lowest BCUT2D eigenvalue weighted by Crippen LogP contribution is -2.30. The van der Waals surface area contributed by atoms with Crippen LogP contribution in [0.15, 0.2) is 72.9 Å². The van der Waals surface area contributed by atoms with E-state index in [-0.39, 0.29) is 31.1 Å². The van der Waals surface area contributed by atoms with E-state index in [0.717, 1.165) is 89.9 Å². The third kappa shape index (κ3) is 51.8.